The van der Waals surface area contributed by atoms with Crippen molar-refractivity contribution in [1.82, 2.24) is 10.6 Å². The number of hydrogen-bond donors (Lipinski definition) is 8. The number of nitrogens with one attached hydrogen (secondary N) is 2. The number of dihydropyridines is 1. The molecule has 2 heterocycles. The Morgan fingerprint density at radius 1 is 1.05 bits per heavy atom. The van der Waals surface area contributed by atoms with Crippen molar-refractivity contribution >= 4 is 17.6 Å². The van der Waals surface area contributed by atoms with E-state index in [1.807, 2.05) is 54.6 Å². The summed E-state index contributed by atoms with van der Waals surface area (Å²) in [4.78, 5) is 26.5. The Hall–Kier alpha value is -4.44. The van der Waals surface area contributed by atoms with Gasteiger partial charge in [-0.2, -0.15) is 0 Å². The maximum atomic E-state index is 14.4. The van der Waals surface area contributed by atoms with E-state index in [-0.39, 0.29) is 61.0 Å². The molecule has 9 N–H and O–H groups in total. The van der Waals surface area contributed by atoms with Crippen LogP contribution in [0, 0.1) is 46.8 Å². The van der Waals surface area contributed by atoms with E-state index in [1.54, 1.807) is 12.1 Å². The Bertz CT molecular complexity index is 2040. The SMILES string of the molecule is COc1cc2c(cc1O)C(CC(O)C(O)CC(C=Cc1ccccc1)C1=CCNC(N)=C1)C#CC1(CCC(CC(CCCO)C3CNC4CC(=O)CCC4C3)CC1O)C(=O)CC2. The summed E-state index contributed by atoms with van der Waals surface area (Å²) in [7, 11) is 1.47. The van der Waals surface area contributed by atoms with Gasteiger partial charge in [0.2, 0.25) is 0 Å². The lowest BCUT2D eigenvalue weighted by Gasteiger charge is -2.44. The van der Waals surface area contributed by atoms with Crippen LogP contribution in [0.5, 0.6) is 11.5 Å². The normalized spacial score (nSPS) is 29.6. The van der Waals surface area contributed by atoms with Crippen LogP contribution in [0.2, 0.25) is 0 Å². The molecule has 2 aromatic rings. The van der Waals surface area contributed by atoms with Gasteiger partial charge in [0.25, 0.3) is 0 Å². The molecule has 3 aliphatic carbocycles. The highest BCUT2D eigenvalue weighted by Crippen LogP contribution is 2.47. The summed E-state index contributed by atoms with van der Waals surface area (Å²) in [5, 5.41) is 63.2. The summed E-state index contributed by atoms with van der Waals surface area (Å²) >= 11 is 0. The van der Waals surface area contributed by atoms with Crippen molar-refractivity contribution < 1.29 is 39.9 Å². The van der Waals surface area contributed by atoms with Gasteiger partial charge in [-0.3, -0.25) is 9.59 Å². The molecule has 0 amide bonds. The zero-order valence-electron chi connectivity index (χ0n) is 36.2. The molecule has 0 aromatic heterocycles. The lowest BCUT2D eigenvalue weighted by Crippen LogP contribution is -2.50. The average Bonchev–Trinajstić information content (AvgIpc) is 3.32. The van der Waals surface area contributed by atoms with E-state index in [0.29, 0.717) is 80.0 Å². The number of aliphatic hydroxyl groups excluding tert-OH is 4. The maximum absolute atomic E-state index is 14.4. The van der Waals surface area contributed by atoms with Crippen molar-refractivity contribution in [2.45, 2.75) is 120 Å². The van der Waals surface area contributed by atoms with Gasteiger partial charge in [-0.1, -0.05) is 60.4 Å². The van der Waals surface area contributed by atoms with Crippen LogP contribution in [0.25, 0.3) is 6.08 Å². The van der Waals surface area contributed by atoms with Crippen LogP contribution in [-0.2, 0) is 16.0 Å². The number of methoxy groups -OCH3 is 1. The molecule has 1 spiro atoms. The van der Waals surface area contributed by atoms with Crippen LogP contribution in [0.15, 0.2) is 72.1 Å². The molecule has 0 bridgehead atoms. The molecule has 2 aromatic carbocycles. The summed E-state index contributed by atoms with van der Waals surface area (Å²) in [5.41, 5.74) is 8.21. The molecular formula is C51H67N3O8. The van der Waals surface area contributed by atoms with E-state index in [1.165, 1.54) is 7.11 Å². The number of rotatable bonds is 15. The van der Waals surface area contributed by atoms with E-state index in [0.717, 1.165) is 55.3 Å². The average molecular weight is 850 g/mol. The Labute approximate surface area is 366 Å². The summed E-state index contributed by atoms with van der Waals surface area (Å²) in [5.74, 6) is 8.13. The van der Waals surface area contributed by atoms with Crippen molar-refractivity contribution in [2.75, 3.05) is 26.8 Å². The Morgan fingerprint density at radius 2 is 1.87 bits per heavy atom. The van der Waals surface area contributed by atoms with E-state index in [2.05, 4.69) is 22.5 Å². The third-order valence-electron chi connectivity index (χ3n) is 14.7. The minimum atomic E-state index is -1.29. The van der Waals surface area contributed by atoms with E-state index < -0.39 is 29.6 Å². The number of piperidine rings is 1. The fraction of sp³-hybridized carbons (Fsp3) is 0.569. The summed E-state index contributed by atoms with van der Waals surface area (Å²) in [6, 6.07) is 13.5. The van der Waals surface area contributed by atoms with Gasteiger partial charge in [0.15, 0.2) is 17.3 Å². The highest BCUT2D eigenvalue weighted by atomic mass is 16.5. The first-order valence-corrected chi connectivity index (χ1v) is 23.0. The molecule has 3 fully saturated rings. The molecule has 7 rings (SSSR count). The number of phenols is 1. The molecule has 2 saturated carbocycles. The zero-order chi connectivity index (χ0) is 43.8. The van der Waals surface area contributed by atoms with Crippen LogP contribution in [-0.4, -0.2) is 88.3 Å². The minimum Gasteiger partial charge on any atom is -0.504 e. The first-order chi connectivity index (χ1) is 30.0. The monoisotopic (exact) mass is 849 g/mol. The lowest BCUT2D eigenvalue weighted by atomic mass is 9.63. The number of Topliss-reactive ketones (excluding diaryl/α,β-unsaturated/α-hetero) is 2. The highest BCUT2D eigenvalue weighted by molar-refractivity contribution is 5.89. The molecule has 2 aliphatic heterocycles. The second-order valence-electron chi connectivity index (χ2n) is 18.7. The predicted molar refractivity (Wildman–Crippen MR) is 240 cm³/mol. The van der Waals surface area contributed by atoms with Crippen LogP contribution in [0.1, 0.15) is 106 Å². The van der Waals surface area contributed by atoms with Gasteiger partial charge in [-0.25, -0.2) is 0 Å². The van der Waals surface area contributed by atoms with Crippen molar-refractivity contribution in [3.05, 3.63) is 88.8 Å². The number of carbonyl (C=O) groups is 2. The second kappa shape index (κ2) is 20.8. The molecule has 334 valence electrons. The molecule has 11 unspecified atom stereocenters. The molecule has 5 aliphatic rings. The van der Waals surface area contributed by atoms with Gasteiger partial charge in [-0.05, 0) is 141 Å². The minimum absolute atomic E-state index is 0.0294. The van der Waals surface area contributed by atoms with E-state index in [9.17, 15) is 35.1 Å². The number of nitrogens with two attached hydrogens (primary N) is 1. The molecule has 11 atom stereocenters. The van der Waals surface area contributed by atoms with Gasteiger partial charge < -0.3 is 46.6 Å². The molecule has 0 radical (unpaired) electrons. The Kier molecular flexibility index (Phi) is 15.3. The number of ketones is 2. The van der Waals surface area contributed by atoms with Crippen molar-refractivity contribution in [2.24, 2.45) is 40.7 Å². The number of benzene rings is 2. The maximum Gasteiger partial charge on any atom is 0.160 e. The number of ether oxygens (including phenoxy) is 1. The summed E-state index contributed by atoms with van der Waals surface area (Å²) in [6.07, 6.45) is 12.6. The Morgan fingerprint density at radius 3 is 2.63 bits per heavy atom. The predicted octanol–water partition coefficient (Wildman–Crippen LogP) is 5.44. The fourth-order valence-corrected chi connectivity index (χ4v) is 11.1. The number of allylic oxidation sites excluding steroid dienone is 3. The van der Waals surface area contributed by atoms with Gasteiger partial charge in [0, 0.05) is 50.3 Å². The van der Waals surface area contributed by atoms with Gasteiger partial charge in [-0.15, -0.1) is 0 Å². The Balaban J connectivity index is 1.11. The van der Waals surface area contributed by atoms with Crippen LogP contribution < -0.4 is 21.1 Å². The van der Waals surface area contributed by atoms with E-state index in [4.69, 9.17) is 10.5 Å². The number of fused-ring (bicyclic) bond motifs is 2. The molecule has 11 heteroatoms. The number of phenolic OH excluding ortho intramolecular Hbond substituents is 1. The summed E-state index contributed by atoms with van der Waals surface area (Å²) < 4.78 is 5.47. The van der Waals surface area contributed by atoms with Crippen molar-refractivity contribution in [3.8, 4) is 23.3 Å². The first-order valence-electron chi connectivity index (χ1n) is 23.0. The van der Waals surface area contributed by atoms with Gasteiger partial charge in [0.05, 0.1) is 31.2 Å². The van der Waals surface area contributed by atoms with Gasteiger partial charge >= 0.3 is 0 Å². The third kappa shape index (κ3) is 10.8. The fourth-order valence-electron chi connectivity index (χ4n) is 11.1. The standard InChI is InChI=1S/C51H67N3O8/c1-62-47-27-37-12-14-48(60)51(18-15-33(23-49(51)61)22-34(8-5-21-55)40-24-39-11-13-41(56)29-43(39)54-31-40)19-16-38(42(37)30-46(47)59)26-45(58)44(57)25-35(36-17-20-53-50(52)28-36)10-9-32-6-3-2-4-7-32/h2-4,6-7,9-10,17,27-28,30,33-35,38-40,43-45,49,53-55,57-59,61H,5,8,11-15,18,20-26,29,31,52H2,1H3. The molecule has 62 heavy (non-hydrogen) atoms. The molecular weight excluding hydrogens is 783 g/mol. The smallest absolute Gasteiger partial charge is 0.160 e. The van der Waals surface area contributed by atoms with E-state index >= 15 is 0 Å². The second-order valence-corrected chi connectivity index (χ2v) is 18.7. The van der Waals surface area contributed by atoms with Gasteiger partial charge in [0.1, 0.15) is 11.2 Å². The first kappa shape index (κ1) is 45.6. The van der Waals surface area contributed by atoms with Crippen molar-refractivity contribution in [1.29, 1.82) is 0 Å². The highest BCUT2D eigenvalue weighted by Gasteiger charge is 2.48. The number of hydrogen-bond acceptors (Lipinski definition) is 11. The largest absolute Gasteiger partial charge is 0.504 e. The number of aryl methyl sites for hydroxylation is 1. The van der Waals surface area contributed by atoms with Crippen LogP contribution in [0.4, 0.5) is 0 Å². The molecule has 1 saturated heterocycles. The summed E-state index contributed by atoms with van der Waals surface area (Å²) in [6.45, 7) is 1.53. The van der Waals surface area contributed by atoms with Crippen LogP contribution >= 0.6 is 0 Å². The third-order valence-corrected chi connectivity index (χ3v) is 14.7. The quantitative estimate of drug-likeness (QED) is 0.107. The topological polar surface area (TPSA) is 195 Å². The number of aliphatic hydroxyl groups is 4. The van der Waals surface area contributed by atoms with Crippen molar-refractivity contribution in [3.63, 3.8) is 0 Å². The number of carbonyl (C=O) groups excluding carboxylic acids is 2. The molecule has 11 nitrogen and oxygen atoms in total. The van der Waals surface area contributed by atoms with Crippen LogP contribution in [0.3, 0.4) is 0 Å². The zero-order valence-corrected chi connectivity index (χ0v) is 36.2. The lowest BCUT2D eigenvalue weighted by molar-refractivity contribution is -0.134. The number of aromatic hydroxyl groups is 1.